The molecule has 0 amide bonds. The highest BCUT2D eigenvalue weighted by Crippen LogP contribution is 2.64. The predicted octanol–water partition coefficient (Wildman–Crippen LogP) is 2.99. The van der Waals surface area contributed by atoms with Gasteiger partial charge >= 0.3 is 0 Å². The van der Waals surface area contributed by atoms with E-state index in [0.29, 0.717) is 5.41 Å². The first-order valence-electron chi connectivity index (χ1n) is 5.20. The Labute approximate surface area is 90.3 Å². The molecule has 1 atom stereocenters. The molecular formula is C12H19NS. The van der Waals surface area contributed by atoms with Crippen LogP contribution in [0.5, 0.6) is 0 Å². The van der Waals surface area contributed by atoms with Crippen molar-refractivity contribution in [1.82, 2.24) is 0 Å². The molecule has 1 fully saturated rings. The molecule has 0 spiro atoms. The second kappa shape index (κ2) is 2.83. The Morgan fingerprint density at radius 1 is 1.43 bits per heavy atom. The zero-order chi connectivity index (χ0) is 10.6. The molecule has 0 aliphatic heterocycles. The van der Waals surface area contributed by atoms with E-state index in [1.54, 1.807) is 0 Å². The molecule has 0 bridgehead atoms. The lowest BCUT2D eigenvalue weighted by Crippen LogP contribution is -2.25. The highest BCUT2D eigenvalue weighted by Gasteiger charge is 2.61. The molecule has 2 N–H and O–H groups in total. The Kier molecular flexibility index (Phi) is 2.06. The normalized spacial score (nSPS) is 29.2. The van der Waals surface area contributed by atoms with Crippen molar-refractivity contribution < 1.29 is 0 Å². The molecule has 1 aromatic heterocycles. The first kappa shape index (κ1) is 10.2. The number of thiophene rings is 1. The van der Waals surface area contributed by atoms with E-state index in [-0.39, 0.29) is 5.41 Å². The molecule has 1 nitrogen and oxygen atoms in total. The summed E-state index contributed by atoms with van der Waals surface area (Å²) in [5.74, 6) is 0. The molecule has 2 heteroatoms. The van der Waals surface area contributed by atoms with Gasteiger partial charge in [0.2, 0.25) is 0 Å². The van der Waals surface area contributed by atoms with E-state index in [2.05, 4.69) is 33.8 Å². The summed E-state index contributed by atoms with van der Waals surface area (Å²) >= 11 is 1.90. The van der Waals surface area contributed by atoms with Crippen molar-refractivity contribution in [3.05, 3.63) is 21.4 Å². The maximum atomic E-state index is 5.96. The highest BCUT2D eigenvalue weighted by atomic mass is 32.1. The van der Waals surface area contributed by atoms with Crippen molar-refractivity contribution in [2.24, 2.45) is 11.1 Å². The predicted molar refractivity (Wildman–Crippen MR) is 62.9 cm³/mol. The molecule has 1 aliphatic rings. The lowest BCUT2D eigenvalue weighted by Gasteiger charge is -2.18. The molecule has 1 aliphatic carbocycles. The van der Waals surface area contributed by atoms with Crippen molar-refractivity contribution in [1.29, 1.82) is 0 Å². The van der Waals surface area contributed by atoms with Crippen LogP contribution in [0, 0.1) is 19.3 Å². The van der Waals surface area contributed by atoms with Crippen LogP contribution in [0.1, 0.15) is 35.6 Å². The number of hydrogen-bond acceptors (Lipinski definition) is 2. The Bertz CT molecular complexity index is 364. The van der Waals surface area contributed by atoms with Gasteiger partial charge < -0.3 is 5.73 Å². The molecule has 0 saturated heterocycles. The minimum Gasteiger partial charge on any atom is -0.330 e. The molecule has 2 rings (SSSR count). The largest absolute Gasteiger partial charge is 0.330 e. The zero-order valence-electron chi connectivity index (χ0n) is 9.48. The lowest BCUT2D eigenvalue weighted by molar-refractivity contribution is 0.502. The van der Waals surface area contributed by atoms with Gasteiger partial charge in [0.15, 0.2) is 0 Å². The van der Waals surface area contributed by atoms with Crippen LogP contribution < -0.4 is 5.73 Å². The second-order valence-corrected chi connectivity index (χ2v) is 6.63. The Morgan fingerprint density at radius 3 is 2.29 bits per heavy atom. The fourth-order valence-electron chi connectivity index (χ4n) is 2.73. The molecular weight excluding hydrogens is 190 g/mol. The fraction of sp³-hybridized carbons (Fsp3) is 0.667. The van der Waals surface area contributed by atoms with Gasteiger partial charge in [0.05, 0.1) is 0 Å². The van der Waals surface area contributed by atoms with E-state index in [1.807, 2.05) is 11.3 Å². The van der Waals surface area contributed by atoms with Gasteiger partial charge in [-0.15, -0.1) is 11.3 Å². The van der Waals surface area contributed by atoms with Crippen LogP contribution in [0.25, 0.3) is 0 Å². The summed E-state index contributed by atoms with van der Waals surface area (Å²) in [6.07, 6.45) is 1.24. The Balaban J connectivity index is 2.45. The standard InChI is InChI=1S/C12H19NS/c1-8-5-10(9(2)14-8)12(7-13)6-11(12,3)4/h5H,6-7,13H2,1-4H3. The summed E-state index contributed by atoms with van der Waals surface area (Å²) in [5.41, 5.74) is 8.15. The van der Waals surface area contributed by atoms with E-state index < -0.39 is 0 Å². The van der Waals surface area contributed by atoms with Crippen LogP contribution in [0.3, 0.4) is 0 Å². The first-order chi connectivity index (χ1) is 6.43. The van der Waals surface area contributed by atoms with E-state index in [0.717, 1.165) is 6.54 Å². The quantitative estimate of drug-likeness (QED) is 0.796. The number of hydrogen-bond donors (Lipinski definition) is 1. The smallest absolute Gasteiger partial charge is 0.0143 e. The van der Waals surface area contributed by atoms with Gasteiger partial charge in [-0.05, 0) is 37.3 Å². The van der Waals surface area contributed by atoms with Crippen molar-refractivity contribution in [2.45, 2.75) is 39.5 Å². The van der Waals surface area contributed by atoms with Crippen molar-refractivity contribution in [3.8, 4) is 0 Å². The Morgan fingerprint density at radius 2 is 2.00 bits per heavy atom. The highest BCUT2D eigenvalue weighted by molar-refractivity contribution is 7.12. The molecule has 14 heavy (non-hydrogen) atoms. The minimum absolute atomic E-state index is 0.280. The van der Waals surface area contributed by atoms with Gasteiger partial charge in [-0.2, -0.15) is 0 Å². The van der Waals surface area contributed by atoms with Crippen LogP contribution in [0.4, 0.5) is 0 Å². The molecule has 1 unspecified atom stereocenters. The molecule has 1 heterocycles. The number of nitrogens with two attached hydrogens (primary N) is 1. The maximum absolute atomic E-state index is 5.96. The molecule has 0 radical (unpaired) electrons. The van der Waals surface area contributed by atoms with Gasteiger partial charge in [-0.25, -0.2) is 0 Å². The average Bonchev–Trinajstić information content (AvgIpc) is 2.48. The third kappa shape index (κ3) is 1.17. The van der Waals surface area contributed by atoms with E-state index >= 15 is 0 Å². The van der Waals surface area contributed by atoms with E-state index in [9.17, 15) is 0 Å². The Hall–Kier alpha value is -0.340. The van der Waals surface area contributed by atoms with Crippen LogP contribution in [0.15, 0.2) is 6.07 Å². The van der Waals surface area contributed by atoms with Crippen molar-refractivity contribution in [2.75, 3.05) is 6.54 Å². The molecule has 0 aromatic carbocycles. The lowest BCUT2D eigenvalue weighted by atomic mass is 9.88. The van der Waals surface area contributed by atoms with Gasteiger partial charge in [0.1, 0.15) is 0 Å². The maximum Gasteiger partial charge on any atom is 0.0143 e. The molecule has 78 valence electrons. The first-order valence-corrected chi connectivity index (χ1v) is 6.02. The van der Waals surface area contributed by atoms with E-state index in [4.69, 9.17) is 5.73 Å². The minimum atomic E-state index is 0.280. The summed E-state index contributed by atoms with van der Waals surface area (Å²) in [5, 5.41) is 0. The zero-order valence-corrected chi connectivity index (χ0v) is 10.3. The van der Waals surface area contributed by atoms with Crippen LogP contribution >= 0.6 is 11.3 Å². The third-order valence-corrected chi connectivity index (χ3v) is 4.79. The van der Waals surface area contributed by atoms with Gasteiger partial charge in [0.25, 0.3) is 0 Å². The van der Waals surface area contributed by atoms with Crippen LogP contribution in [0.2, 0.25) is 0 Å². The number of rotatable bonds is 2. The van der Waals surface area contributed by atoms with Gasteiger partial charge in [-0.3, -0.25) is 0 Å². The fourth-order valence-corrected chi connectivity index (χ4v) is 3.76. The summed E-state index contributed by atoms with van der Waals surface area (Å²) in [4.78, 5) is 2.87. The summed E-state index contributed by atoms with van der Waals surface area (Å²) in [6, 6.07) is 2.33. The van der Waals surface area contributed by atoms with Crippen molar-refractivity contribution in [3.63, 3.8) is 0 Å². The monoisotopic (exact) mass is 209 g/mol. The van der Waals surface area contributed by atoms with Crippen LogP contribution in [-0.2, 0) is 5.41 Å². The van der Waals surface area contributed by atoms with E-state index in [1.165, 1.54) is 21.7 Å². The van der Waals surface area contributed by atoms with Crippen LogP contribution in [-0.4, -0.2) is 6.54 Å². The van der Waals surface area contributed by atoms with Gasteiger partial charge in [0, 0.05) is 21.7 Å². The average molecular weight is 209 g/mol. The molecule has 1 saturated carbocycles. The summed E-state index contributed by atoms with van der Waals surface area (Å²) in [7, 11) is 0. The topological polar surface area (TPSA) is 26.0 Å². The summed E-state index contributed by atoms with van der Waals surface area (Å²) < 4.78 is 0. The van der Waals surface area contributed by atoms with Crippen molar-refractivity contribution >= 4 is 11.3 Å². The summed E-state index contributed by atoms with van der Waals surface area (Å²) in [6.45, 7) is 9.84. The SMILES string of the molecule is Cc1cc(C2(CN)CC2(C)C)c(C)s1. The number of aryl methyl sites for hydroxylation is 2. The second-order valence-electron chi connectivity index (χ2n) is 5.17. The van der Waals surface area contributed by atoms with Gasteiger partial charge in [-0.1, -0.05) is 13.8 Å². The third-order valence-electron chi connectivity index (χ3n) is 3.82. The molecule has 1 aromatic rings.